The van der Waals surface area contributed by atoms with E-state index >= 15 is 0 Å². The van der Waals surface area contributed by atoms with Crippen LogP contribution in [-0.4, -0.2) is 11.8 Å². The Morgan fingerprint density at radius 2 is 1.72 bits per heavy atom. The highest BCUT2D eigenvalue weighted by Gasteiger charge is 2.13. The number of rotatable bonds is 3. The molecule has 0 saturated heterocycles. The molecule has 0 heterocycles. The molecule has 18 heavy (non-hydrogen) atoms. The highest BCUT2D eigenvalue weighted by Crippen LogP contribution is 2.26. The molecule has 2 amide bonds. The van der Waals surface area contributed by atoms with Gasteiger partial charge in [0.1, 0.15) is 0 Å². The van der Waals surface area contributed by atoms with Gasteiger partial charge in [0.25, 0.3) is 0 Å². The van der Waals surface area contributed by atoms with E-state index < -0.39 is 11.8 Å². The smallest absolute Gasteiger partial charge is 0.248 e. The fraction of sp³-hybridized carbons (Fsp3) is 0.143. The van der Waals surface area contributed by atoms with Gasteiger partial charge in [0.15, 0.2) is 0 Å². The van der Waals surface area contributed by atoms with Gasteiger partial charge in [-0.2, -0.15) is 0 Å². The molecular weight excluding hydrogens is 228 g/mol. The van der Waals surface area contributed by atoms with E-state index in [-0.39, 0.29) is 5.92 Å². The Bertz CT molecular complexity index is 541. The third kappa shape index (κ3) is 2.48. The zero-order chi connectivity index (χ0) is 13.1. The van der Waals surface area contributed by atoms with E-state index in [4.69, 9.17) is 11.5 Å². The number of carbonyl (C=O) groups is 2. The Morgan fingerprint density at radius 3 is 2.17 bits per heavy atom. The summed E-state index contributed by atoms with van der Waals surface area (Å²) >= 11 is 0. The van der Waals surface area contributed by atoms with Gasteiger partial charge in [0.05, 0.1) is 0 Å². The summed E-state index contributed by atoms with van der Waals surface area (Å²) in [4.78, 5) is 21.9. The third-order valence-electron chi connectivity index (χ3n) is 3.01. The van der Waals surface area contributed by atoms with Gasteiger partial charge in [-0.05, 0) is 24.1 Å². The standard InChI is InChI=1S/C14H14N2O2/c15-13(17)11-5-1-9(2-6-11)10-3-7-12(8-4-10)14(16)18/h1-3,5-8,10H,4H2,(H2,15,17)(H2,16,18). The third-order valence-corrected chi connectivity index (χ3v) is 3.01. The van der Waals surface area contributed by atoms with Crippen LogP contribution in [-0.2, 0) is 4.79 Å². The molecule has 0 bridgehead atoms. The molecule has 1 unspecified atom stereocenters. The lowest BCUT2D eigenvalue weighted by molar-refractivity contribution is -0.114. The molecule has 1 atom stereocenters. The first-order chi connectivity index (χ1) is 8.58. The van der Waals surface area contributed by atoms with Crippen LogP contribution in [0.2, 0.25) is 0 Å². The average Bonchev–Trinajstić information content (AvgIpc) is 2.39. The molecule has 2 rings (SSSR count). The van der Waals surface area contributed by atoms with Crippen LogP contribution >= 0.6 is 0 Å². The van der Waals surface area contributed by atoms with Crippen LogP contribution < -0.4 is 11.5 Å². The molecule has 92 valence electrons. The van der Waals surface area contributed by atoms with Crippen molar-refractivity contribution in [1.82, 2.24) is 0 Å². The Labute approximate surface area is 105 Å². The van der Waals surface area contributed by atoms with Gasteiger partial charge >= 0.3 is 0 Å². The van der Waals surface area contributed by atoms with Crippen LogP contribution in [0.4, 0.5) is 0 Å². The minimum atomic E-state index is -0.434. The van der Waals surface area contributed by atoms with Gasteiger partial charge in [-0.1, -0.05) is 30.4 Å². The van der Waals surface area contributed by atoms with Crippen LogP contribution in [0, 0.1) is 0 Å². The lowest BCUT2D eigenvalue weighted by Gasteiger charge is -2.15. The minimum absolute atomic E-state index is 0.204. The Balaban J connectivity index is 2.13. The highest BCUT2D eigenvalue weighted by molar-refractivity contribution is 5.95. The number of allylic oxidation sites excluding steroid dienone is 2. The van der Waals surface area contributed by atoms with E-state index in [0.29, 0.717) is 11.1 Å². The molecule has 1 aliphatic carbocycles. The van der Waals surface area contributed by atoms with Crippen LogP contribution in [0.15, 0.2) is 48.1 Å². The molecule has 4 nitrogen and oxygen atoms in total. The number of benzene rings is 1. The van der Waals surface area contributed by atoms with Crippen molar-refractivity contribution in [2.45, 2.75) is 12.3 Å². The average molecular weight is 242 g/mol. The summed E-state index contributed by atoms with van der Waals surface area (Å²) in [6.07, 6.45) is 6.23. The predicted molar refractivity (Wildman–Crippen MR) is 68.7 cm³/mol. The van der Waals surface area contributed by atoms with Gasteiger partial charge in [0, 0.05) is 17.1 Å². The van der Waals surface area contributed by atoms with Crippen molar-refractivity contribution in [3.05, 3.63) is 59.2 Å². The van der Waals surface area contributed by atoms with Crippen molar-refractivity contribution in [2.24, 2.45) is 11.5 Å². The molecule has 4 heteroatoms. The quantitative estimate of drug-likeness (QED) is 0.835. The van der Waals surface area contributed by atoms with Crippen molar-refractivity contribution in [3.8, 4) is 0 Å². The van der Waals surface area contributed by atoms with E-state index in [1.165, 1.54) is 0 Å². The second-order valence-corrected chi connectivity index (χ2v) is 4.21. The summed E-state index contributed by atoms with van der Waals surface area (Å²) in [5, 5.41) is 0. The Hall–Kier alpha value is -2.36. The zero-order valence-electron chi connectivity index (χ0n) is 9.80. The second kappa shape index (κ2) is 4.87. The molecule has 0 saturated carbocycles. The Kier molecular flexibility index (Phi) is 3.28. The monoisotopic (exact) mass is 242 g/mol. The molecule has 1 aromatic carbocycles. The van der Waals surface area contributed by atoms with Crippen LogP contribution in [0.5, 0.6) is 0 Å². The summed E-state index contributed by atoms with van der Waals surface area (Å²) in [5.41, 5.74) is 12.5. The summed E-state index contributed by atoms with van der Waals surface area (Å²) in [7, 11) is 0. The molecule has 4 N–H and O–H groups in total. The van der Waals surface area contributed by atoms with Crippen molar-refractivity contribution in [1.29, 1.82) is 0 Å². The van der Waals surface area contributed by atoms with Crippen molar-refractivity contribution in [3.63, 3.8) is 0 Å². The van der Waals surface area contributed by atoms with E-state index in [0.717, 1.165) is 12.0 Å². The maximum absolute atomic E-state index is 11.0. The summed E-state index contributed by atoms with van der Waals surface area (Å²) in [6.45, 7) is 0. The molecule has 0 radical (unpaired) electrons. The number of carbonyl (C=O) groups excluding carboxylic acids is 2. The van der Waals surface area contributed by atoms with Crippen molar-refractivity contribution >= 4 is 11.8 Å². The SMILES string of the molecule is NC(=O)C1=CCC(c2ccc(C(N)=O)cc2)C=C1. The fourth-order valence-corrected chi connectivity index (χ4v) is 1.94. The Morgan fingerprint density at radius 1 is 1.06 bits per heavy atom. The normalized spacial score (nSPS) is 18.2. The van der Waals surface area contributed by atoms with Gasteiger partial charge < -0.3 is 11.5 Å². The fourth-order valence-electron chi connectivity index (χ4n) is 1.94. The zero-order valence-corrected chi connectivity index (χ0v) is 9.80. The summed E-state index contributed by atoms with van der Waals surface area (Å²) in [6, 6.07) is 7.16. The molecule has 0 fully saturated rings. The van der Waals surface area contributed by atoms with Gasteiger partial charge in [0.2, 0.25) is 11.8 Å². The summed E-state index contributed by atoms with van der Waals surface area (Å²) in [5.74, 6) is -0.638. The number of nitrogens with two attached hydrogens (primary N) is 2. The van der Waals surface area contributed by atoms with Crippen molar-refractivity contribution < 1.29 is 9.59 Å². The lowest BCUT2D eigenvalue weighted by atomic mass is 9.89. The largest absolute Gasteiger partial charge is 0.366 e. The lowest BCUT2D eigenvalue weighted by Crippen LogP contribution is -2.14. The molecule has 1 aliphatic rings. The first kappa shape index (κ1) is 12.1. The highest BCUT2D eigenvalue weighted by atomic mass is 16.1. The number of primary amides is 2. The molecule has 1 aromatic rings. The predicted octanol–water partition coefficient (Wildman–Crippen LogP) is 1.24. The number of hydrogen-bond acceptors (Lipinski definition) is 2. The molecule has 0 spiro atoms. The topological polar surface area (TPSA) is 86.2 Å². The van der Waals surface area contributed by atoms with Crippen LogP contribution in [0.1, 0.15) is 28.3 Å². The van der Waals surface area contributed by atoms with Crippen molar-refractivity contribution in [2.75, 3.05) is 0 Å². The van der Waals surface area contributed by atoms with Crippen LogP contribution in [0.3, 0.4) is 0 Å². The van der Waals surface area contributed by atoms with Gasteiger partial charge in [-0.3, -0.25) is 9.59 Å². The number of amides is 2. The van der Waals surface area contributed by atoms with E-state index in [9.17, 15) is 9.59 Å². The number of hydrogen-bond donors (Lipinski definition) is 2. The van der Waals surface area contributed by atoms with E-state index in [1.807, 2.05) is 24.3 Å². The van der Waals surface area contributed by atoms with Crippen LogP contribution in [0.25, 0.3) is 0 Å². The molecular formula is C14H14N2O2. The van der Waals surface area contributed by atoms with E-state index in [2.05, 4.69) is 0 Å². The first-order valence-corrected chi connectivity index (χ1v) is 5.66. The minimum Gasteiger partial charge on any atom is -0.366 e. The second-order valence-electron chi connectivity index (χ2n) is 4.21. The van der Waals surface area contributed by atoms with Gasteiger partial charge in [-0.25, -0.2) is 0 Å². The van der Waals surface area contributed by atoms with E-state index in [1.54, 1.807) is 18.2 Å². The maximum Gasteiger partial charge on any atom is 0.248 e. The summed E-state index contributed by atoms with van der Waals surface area (Å²) < 4.78 is 0. The van der Waals surface area contributed by atoms with Gasteiger partial charge in [-0.15, -0.1) is 0 Å². The molecule has 0 aliphatic heterocycles. The molecule has 0 aromatic heterocycles. The first-order valence-electron chi connectivity index (χ1n) is 5.66. The maximum atomic E-state index is 11.0.